The molecule has 0 aliphatic rings. The van der Waals surface area contributed by atoms with E-state index in [2.05, 4.69) is 43.1 Å². The second-order valence-corrected chi connectivity index (χ2v) is 7.12. The predicted octanol–water partition coefficient (Wildman–Crippen LogP) is 4.74. The fraction of sp³-hybridized carbons (Fsp3) is 0.312. The Bertz CT molecular complexity index is 911. The number of nitrogen functional groups attached to an aromatic ring is 1. The quantitative estimate of drug-likeness (QED) is 0.424. The van der Waals surface area contributed by atoms with Crippen molar-refractivity contribution in [1.29, 1.82) is 0 Å². The van der Waals surface area contributed by atoms with Gasteiger partial charge in [0, 0.05) is 6.54 Å². The van der Waals surface area contributed by atoms with E-state index in [0.717, 1.165) is 24.9 Å². The molecule has 0 unspecified atom stereocenters. The third kappa shape index (κ3) is 3.99. The molecule has 0 saturated carbocycles. The molecular formula is C16H17BrCl2N6. The zero-order chi connectivity index (χ0) is 18.0. The first-order valence-corrected chi connectivity index (χ1v) is 9.41. The van der Waals surface area contributed by atoms with Gasteiger partial charge in [-0.05, 0) is 40.0 Å². The van der Waals surface area contributed by atoms with Gasteiger partial charge in [-0.15, -0.1) is 0 Å². The molecular weight excluding hydrogens is 427 g/mol. The van der Waals surface area contributed by atoms with Crippen LogP contribution < -0.4 is 11.1 Å². The van der Waals surface area contributed by atoms with Crippen LogP contribution in [0, 0.1) is 0 Å². The largest absolute Gasteiger partial charge is 0.382 e. The molecule has 132 valence electrons. The van der Waals surface area contributed by atoms with Gasteiger partial charge in [0.05, 0.1) is 16.6 Å². The van der Waals surface area contributed by atoms with Gasteiger partial charge in [-0.25, -0.2) is 4.98 Å². The average molecular weight is 444 g/mol. The molecule has 3 aromatic rings. The number of nitrogens with zero attached hydrogens (tertiary/aromatic N) is 4. The molecule has 0 saturated heterocycles. The zero-order valence-electron chi connectivity index (χ0n) is 13.6. The van der Waals surface area contributed by atoms with E-state index in [9.17, 15) is 0 Å². The highest BCUT2D eigenvalue weighted by Crippen LogP contribution is 2.27. The molecule has 0 atom stereocenters. The summed E-state index contributed by atoms with van der Waals surface area (Å²) in [5.74, 6) is 0.846. The summed E-state index contributed by atoms with van der Waals surface area (Å²) >= 11 is 15.6. The number of anilines is 2. The smallest absolute Gasteiger partial charge is 0.226 e. The maximum atomic E-state index is 6.11. The van der Waals surface area contributed by atoms with Crippen LogP contribution in [0.1, 0.15) is 25.3 Å². The van der Waals surface area contributed by atoms with Crippen LogP contribution in [0.25, 0.3) is 11.2 Å². The first kappa shape index (κ1) is 18.2. The Kier molecular flexibility index (Phi) is 5.66. The summed E-state index contributed by atoms with van der Waals surface area (Å²) in [5, 5.41) is 4.23. The fourth-order valence-electron chi connectivity index (χ4n) is 2.41. The number of halogens is 3. The van der Waals surface area contributed by atoms with Crippen molar-refractivity contribution in [3.8, 4) is 0 Å². The zero-order valence-corrected chi connectivity index (χ0v) is 16.7. The number of rotatable bonds is 6. The van der Waals surface area contributed by atoms with Crippen molar-refractivity contribution < 1.29 is 0 Å². The minimum absolute atomic E-state index is 0.345. The van der Waals surface area contributed by atoms with Gasteiger partial charge >= 0.3 is 0 Å². The van der Waals surface area contributed by atoms with Gasteiger partial charge in [0.15, 0.2) is 21.7 Å². The van der Waals surface area contributed by atoms with Crippen molar-refractivity contribution in [1.82, 2.24) is 19.5 Å². The van der Waals surface area contributed by atoms with E-state index in [4.69, 9.17) is 28.9 Å². The van der Waals surface area contributed by atoms with Gasteiger partial charge in [0.2, 0.25) is 5.95 Å². The number of imidazole rings is 1. The van der Waals surface area contributed by atoms with Crippen LogP contribution in [0.15, 0.2) is 22.9 Å². The van der Waals surface area contributed by atoms with Gasteiger partial charge in [-0.2, -0.15) is 9.97 Å². The molecule has 6 nitrogen and oxygen atoms in total. The van der Waals surface area contributed by atoms with Crippen molar-refractivity contribution in [2.75, 3.05) is 17.6 Å². The van der Waals surface area contributed by atoms with Crippen molar-refractivity contribution in [2.45, 2.75) is 26.3 Å². The molecule has 0 spiro atoms. The Morgan fingerprint density at radius 1 is 1.20 bits per heavy atom. The van der Waals surface area contributed by atoms with Crippen LogP contribution in [0.5, 0.6) is 0 Å². The number of hydrogen-bond acceptors (Lipinski definition) is 5. The monoisotopic (exact) mass is 442 g/mol. The number of hydrogen-bond donors (Lipinski definition) is 2. The van der Waals surface area contributed by atoms with Gasteiger partial charge in [-0.1, -0.05) is 42.6 Å². The van der Waals surface area contributed by atoms with Crippen LogP contribution in [0.4, 0.5) is 11.8 Å². The molecule has 2 heterocycles. The van der Waals surface area contributed by atoms with Crippen LogP contribution in [-0.2, 0) is 6.54 Å². The van der Waals surface area contributed by atoms with Gasteiger partial charge in [0.25, 0.3) is 0 Å². The number of nitrogens with one attached hydrogen (secondary N) is 1. The summed E-state index contributed by atoms with van der Waals surface area (Å²) < 4.78 is 2.54. The first-order valence-electron chi connectivity index (χ1n) is 7.86. The third-order valence-corrected chi connectivity index (χ3v) is 5.06. The number of nitrogens with two attached hydrogens (primary N) is 1. The van der Waals surface area contributed by atoms with Crippen molar-refractivity contribution in [3.63, 3.8) is 0 Å². The highest BCUT2D eigenvalue weighted by molar-refractivity contribution is 9.10. The number of fused-ring (bicyclic) bond motifs is 1. The van der Waals surface area contributed by atoms with Gasteiger partial charge in [0.1, 0.15) is 0 Å². The van der Waals surface area contributed by atoms with Crippen LogP contribution >= 0.6 is 39.1 Å². The molecule has 0 amide bonds. The van der Waals surface area contributed by atoms with Gasteiger partial charge < -0.3 is 11.1 Å². The molecule has 1 aromatic carbocycles. The third-order valence-electron chi connectivity index (χ3n) is 3.71. The molecule has 2 aromatic heterocycles. The molecule has 0 bridgehead atoms. The lowest BCUT2D eigenvalue weighted by Gasteiger charge is -2.09. The van der Waals surface area contributed by atoms with E-state index in [1.807, 2.05) is 16.7 Å². The summed E-state index contributed by atoms with van der Waals surface area (Å²) in [6.45, 7) is 3.45. The van der Waals surface area contributed by atoms with Crippen molar-refractivity contribution in [2.24, 2.45) is 0 Å². The maximum absolute atomic E-state index is 6.11. The lowest BCUT2D eigenvalue weighted by Crippen LogP contribution is -2.08. The molecule has 0 radical (unpaired) electrons. The Balaban J connectivity index is 1.98. The molecule has 3 rings (SSSR count). The van der Waals surface area contributed by atoms with E-state index in [-0.39, 0.29) is 0 Å². The number of aromatic nitrogens is 4. The maximum Gasteiger partial charge on any atom is 0.226 e. The Labute approximate surface area is 163 Å². The van der Waals surface area contributed by atoms with E-state index >= 15 is 0 Å². The lowest BCUT2D eigenvalue weighted by atomic mass is 10.2. The fourth-order valence-corrected chi connectivity index (χ4v) is 3.20. The second kappa shape index (κ2) is 7.76. The van der Waals surface area contributed by atoms with Crippen molar-refractivity contribution in [3.05, 3.63) is 38.5 Å². The standard InChI is InChI=1S/C16H17BrCl2N6/c1-2-3-6-21-16-23-13(20)12-14(24-16)25(15(17)22-12)8-9-4-5-10(18)11(19)7-9/h4-5,7H,2-3,6,8H2,1H3,(H3,20,21,23,24). The topological polar surface area (TPSA) is 81.6 Å². The molecule has 0 aliphatic heterocycles. The van der Waals surface area contributed by atoms with Crippen LogP contribution in [0.2, 0.25) is 10.0 Å². The van der Waals surface area contributed by atoms with Crippen LogP contribution in [-0.4, -0.2) is 26.1 Å². The summed E-state index contributed by atoms with van der Waals surface area (Å²) in [6.07, 6.45) is 2.12. The molecule has 9 heteroatoms. The summed E-state index contributed by atoms with van der Waals surface area (Å²) in [5.41, 5.74) is 8.25. The minimum Gasteiger partial charge on any atom is -0.382 e. The van der Waals surface area contributed by atoms with Crippen molar-refractivity contribution >= 4 is 62.1 Å². The minimum atomic E-state index is 0.345. The molecule has 0 aliphatic carbocycles. The predicted molar refractivity (Wildman–Crippen MR) is 106 cm³/mol. The highest BCUT2D eigenvalue weighted by Gasteiger charge is 2.16. The summed E-state index contributed by atoms with van der Waals surface area (Å²) in [7, 11) is 0. The summed E-state index contributed by atoms with van der Waals surface area (Å²) in [4.78, 5) is 13.3. The average Bonchev–Trinajstić information content (AvgIpc) is 2.88. The summed E-state index contributed by atoms with van der Waals surface area (Å²) in [6, 6.07) is 5.51. The highest BCUT2D eigenvalue weighted by atomic mass is 79.9. The van der Waals surface area contributed by atoms with E-state index in [1.165, 1.54) is 0 Å². The molecule has 3 N–H and O–H groups in total. The normalized spacial score (nSPS) is 11.2. The van der Waals surface area contributed by atoms with E-state index in [1.54, 1.807) is 6.07 Å². The number of unbranched alkanes of at least 4 members (excludes halogenated alkanes) is 1. The SMILES string of the molecule is CCCCNc1nc(N)c2nc(Br)n(Cc3ccc(Cl)c(Cl)c3)c2n1. The van der Waals surface area contributed by atoms with E-state index < -0.39 is 0 Å². The molecule has 0 fully saturated rings. The van der Waals surface area contributed by atoms with Crippen LogP contribution in [0.3, 0.4) is 0 Å². The Morgan fingerprint density at radius 2 is 2.00 bits per heavy atom. The van der Waals surface area contributed by atoms with Gasteiger partial charge in [-0.3, -0.25) is 4.57 Å². The first-order chi connectivity index (χ1) is 12.0. The number of benzene rings is 1. The Morgan fingerprint density at radius 3 is 2.72 bits per heavy atom. The van der Waals surface area contributed by atoms with E-state index in [0.29, 0.717) is 44.3 Å². The molecule has 25 heavy (non-hydrogen) atoms. The Hall–Kier alpha value is -1.57. The lowest BCUT2D eigenvalue weighted by molar-refractivity contribution is 0.788. The second-order valence-electron chi connectivity index (χ2n) is 5.60.